The molecule has 0 aromatic heterocycles. The molecule has 0 radical (unpaired) electrons. The molecule has 10 heteroatoms. The molecule has 0 aliphatic carbocycles. The molecule has 0 bridgehead atoms. The van der Waals surface area contributed by atoms with E-state index < -0.39 is 32.5 Å². The molecule has 3 N–H and O–H groups in total. The van der Waals surface area contributed by atoms with Crippen LogP contribution in [0.1, 0.15) is 168 Å². The molecule has 63 heavy (non-hydrogen) atoms. The average molecular weight is 896 g/mol. The normalized spacial score (nSPS) is 14.3. The maximum absolute atomic E-state index is 12.6. The van der Waals surface area contributed by atoms with Crippen molar-refractivity contribution in [3.8, 4) is 0 Å². The Kier molecular flexibility index (Phi) is 45.2. The maximum Gasteiger partial charge on any atom is 0.472 e. The fraction of sp³-hybridized carbons (Fsp3) is 0.585. The van der Waals surface area contributed by atoms with Gasteiger partial charge in [0.1, 0.15) is 6.61 Å². The van der Waals surface area contributed by atoms with E-state index in [0.717, 1.165) is 103 Å². The van der Waals surface area contributed by atoms with Gasteiger partial charge < -0.3 is 20.1 Å². The number of unbranched alkanes of at least 4 members (excludes halogenated alkanes) is 10. The maximum atomic E-state index is 12.6. The van der Waals surface area contributed by atoms with Gasteiger partial charge in [-0.2, -0.15) is 0 Å². The summed E-state index contributed by atoms with van der Waals surface area (Å²) < 4.78 is 32.8. The number of phosphoric acid groups is 1. The molecule has 0 aliphatic heterocycles. The number of hydrogen-bond acceptors (Lipinski definition) is 8. The summed E-state index contributed by atoms with van der Waals surface area (Å²) in [5, 5.41) is 0. The molecule has 9 nitrogen and oxygen atoms in total. The summed E-state index contributed by atoms with van der Waals surface area (Å²) in [6, 6.07) is 0. The number of esters is 2. The Bertz CT molecular complexity index is 1440. The van der Waals surface area contributed by atoms with Gasteiger partial charge in [0.15, 0.2) is 6.10 Å². The quantitative estimate of drug-likeness (QED) is 0.0265. The first-order chi connectivity index (χ1) is 30.8. The van der Waals surface area contributed by atoms with E-state index in [1.807, 2.05) is 0 Å². The molecule has 2 atom stereocenters. The van der Waals surface area contributed by atoms with Crippen LogP contribution < -0.4 is 5.73 Å². The van der Waals surface area contributed by atoms with Crippen molar-refractivity contribution in [3.63, 3.8) is 0 Å². The van der Waals surface area contributed by atoms with Crippen LogP contribution in [0.3, 0.4) is 0 Å². The molecule has 356 valence electrons. The molecule has 0 amide bonds. The summed E-state index contributed by atoms with van der Waals surface area (Å²) in [5.41, 5.74) is 5.36. The monoisotopic (exact) mass is 896 g/mol. The van der Waals surface area contributed by atoms with Crippen molar-refractivity contribution in [2.24, 2.45) is 5.73 Å². The number of hydrogen-bond donors (Lipinski definition) is 2. The highest BCUT2D eigenvalue weighted by atomic mass is 31.2. The number of nitrogens with two attached hydrogens (primary N) is 1. The number of carbonyl (C=O) groups excluding carboxylic acids is 2. The zero-order chi connectivity index (χ0) is 46.0. The lowest BCUT2D eigenvalue weighted by molar-refractivity contribution is -0.161. The third kappa shape index (κ3) is 47.7. The minimum absolute atomic E-state index is 0.0375. The second-order valence-corrected chi connectivity index (χ2v) is 16.7. The Morgan fingerprint density at radius 2 is 0.825 bits per heavy atom. The first kappa shape index (κ1) is 59.4. The Morgan fingerprint density at radius 3 is 1.25 bits per heavy atom. The van der Waals surface area contributed by atoms with E-state index in [4.69, 9.17) is 24.3 Å². The molecule has 0 saturated heterocycles. The van der Waals surface area contributed by atoms with E-state index in [1.54, 1.807) is 0 Å². The molecule has 0 aromatic rings. The van der Waals surface area contributed by atoms with E-state index in [0.29, 0.717) is 12.8 Å². The van der Waals surface area contributed by atoms with Crippen molar-refractivity contribution in [1.29, 1.82) is 0 Å². The molecule has 0 saturated carbocycles. The van der Waals surface area contributed by atoms with E-state index >= 15 is 0 Å². The van der Waals surface area contributed by atoms with Crippen LogP contribution >= 0.6 is 7.82 Å². The van der Waals surface area contributed by atoms with Gasteiger partial charge in [0, 0.05) is 19.4 Å². The lowest BCUT2D eigenvalue weighted by atomic mass is 10.1. The predicted octanol–water partition coefficient (Wildman–Crippen LogP) is 14.5. The predicted molar refractivity (Wildman–Crippen MR) is 265 cm³/mol. The van der Waals surface area contributed by atoms with Gasteiger partial charge in [-0.25, -0.2) is 4.57 Å². The number of phosphoric ester groups is 1. The third-order valence-corrected chi connectivity index (χ3v) is 10.3. The van der Waals surface area contributed by atoms with Crippen LogP contribution in [-0.2, 0) is 32.7 Å². The Labute approximate surface area is 383 Å². The first-order valence-electron chi connectivity index (χ1n) is 24.0. The van der Waals surface area contributed by atoms with Gasteiger partial charge in [0.2, 0.25) is 0 Å². The molecule has 0 spiro atoms. The number of carbonyl (C=O) groups is 2. The highest BCUT2D eigenvalue weighted by molar-refractivity contribution is 7.47. The SMILES string of the molecule is CC/C=C\C/C=C\C/C=C\C/C=C\C/C=C\C/C=C\CCCCC(=O)OC(COC(=O)CCCCCCCCCC/C=C\C/C=C\C/C=C\C/C=C\CC)COP(=O)(O)OCCN. The van der Waals surface area contributed by atoms with Crippen LogP contribution in [0.15, 0.2) is 122 Å². The Morgan fingerprint density at radius 1 is 0.476 bits per heavy atom. The van der Waals surface area contributed by atoms with Crippen LogP contribution in [-0.4, -0.2) is 49.3 Å². The zero-order valence-electron chi connectivity index (χ0n) is 39.3. The van der Waals surface area contributed by atoms with Crippen LogP contribution in [0.5, 0.6) is 0 Å². The first-order valence-corrected chi connectivity index (χ1v) is 25.5. The minimum atomic E-state index is -4.41. The van der Waals surface area contributed by atoms with Crippen molar-refractivity contribution in [2.75, 3.05) is 26.4 Å². The Balaban J connectivity index is 4.22. The van der Waals surface area contributed by atoms with Crippen molar-refractivity contribution in [1.82, 2.24) is 0 Å². The van der Waals surface area contributed by atoms with E-state index in [1.165, 1.54) is 25.7 Å². The molecule has 0 fully saturated rings. The van der Waals surface area contributed by atoms with Crippen molar-refractivity contribution in [3.05, 3.63) is 122 Å². The third-order valence-electron chi connectivity index (χ3n) is 9.34. The summed E-state index contributed by atoms with van der Waals surface area (Å²) in [4.78, 5) is 35.0. The molecule has 0 rings (SSSR count). The van der Waals surface area contributed by atoms with Crippen molar-refractivity contribution < 1.29 is 37.6 Å². The second-order valence-electron chi connectivity index (χ2n) is 15.2. The Hall–Kier alpha value is -3.59. The molecular formula is C53H86NO8P. The van der Waals surface area contributed by atoms with Crippen molar-refractivity contribution in [2.45, 2.75) is 174 Å². The van der Waals surface area contributed by atoms with E-state index in [2.05, 4.69) is 135 Å². The number of allylic oxidation sites excluding steroid dienone is 20. The van der Waals surface area contributed by atoms with Crippen LogP contribution in [0.25, 0.3) is 0 Å². The molecule has 0 aromatic carbocycles. The lowest BCUT2D eigenvalue weighted by Crippen LogP contribution is -2.29. The standard InChI is InChI=1S/C53H86NO8P/c1-3-5-7-9-11-13-15-17-19-21-23-25-27-29-31-33-35-37-39-41-43-45-52(55)59-49-51(50-61-63(57,58)60-48-47-54)62-53(56)46-44-42-40-38-36-34-32-30-28-26-24-22-20-18-16-14-12-10-8-6-4-2/h5-8,11-14,17-20,23-26,30,32,36,38,51H,3-4,9-10,15-16,21-22,27-29,31,33-35,37,39-50,54H2,1-2H3,(H,57,58)/b7-5-,8-6-,13-11-,14-12-,19-17-,20-18-,25-23-,26-24-,32-30-,38-36-. The number of rotatable bonds is 43. The summed E-state index contributed by atoms with van der Waals surface area (Å²) in [7, 11) is -4.41. The summed E-state index contributed by atoms with van der Waals surface area (Å²) in [6.07, 6.45) is 65.2. The van der Waals surface area contributed by atoms with Gasteiger partial charge in [-0.1, -0.05) is 174 Å². The van der Waals surface area contributed by atoms with E-state index in [-0.39, 0.29) is 32.6 Å². The summed E-state index contributed by atoms with van der Waals surface area (Å²) in [5.74, 6) is -0.900. The van der Waals surface area contributed by atoms with Gasteiger partial charge >= 0.3 is 19.8 Å². The van der Waals surface area contributed by atoms with Gasteiger partial charge in [-0.3, -0.25) is 18.6 Å². The van der Waals surface area contributed by atoms with E-state index in [9.17, 15) is 19.0 Å². The summed E-state index contributed by atoms with van der Waals surface area (Å²) >= 11 is 0. The second kappa shape index (κ2) is 47.9. The van der Waals surface area contributed by atoms with Gasteiger partial charge in [0.25, 0.3) is 0 Å². The fourth-order valence-corrected chi connectivity index (χ4v) is 6.63. The molecule has 2 unspecified atom stereocenters. The largest absolute Gasteiger partial charge is 0.472 e. The van der Waals surface area contributed by atoms with Gasteiger partial charge in [-0.05, 0) is 103 Å². The molecule has 0 aliphatic rings. The smallest absolute Gasteiger partial charge is 0.462 e. The lowest BCUT2D eigenvalue weighted by Gasteiger charge is -2.19. The summed E-state index contributed by atoms with van der Waals surface area (Å²) in [6.45, 7) is 3.42. The van der Waals surface area contributed by atoms with Gasteiger partial charge in [-0.15, -0.1) is 0 Å². The van der Waals surface area contributed by atoms with Crippen molar-refractivity contribution >= 4 is 19.8 Å². The van der Waals surface area contributed by atoms with Crippen LogP contribution in [0.4, 0.5) is 0 Å². The fourth-order valence-electron chi connectivity index (χ4n) is 5.86. The topological polar surface area (TPSA) is 134 Å². The highest BCUT2D eigenvalue weighted by Gasteiger charge is 2.26. The molecular weight excluding hydrogens is 810 g/mol. The number of ether oxygens (including phenoxy) is 2. The minimum Gasteiger partial charge on any atom is -0.462 e. The van der Waals surface area contributed by atoms with Crippen LogP contribution in [0.2, 0.25) is 0 Å². The molecule has 0 heterocycles. The van der Waals surface area contributed by atoms with Gasteiger partial charge in [0.05, 0.1) is 13.2 Å². The average Bonchev–Trinajstić information content (AvgIpc) is 3.27. The zero-order valence-corrected chi connectivity index (χ0v) is 40.1. The highest BCUT2D eigenvalue weighted by Crippen LogP contribution is 2.43. The van der Waals surface area contributed by atoms with Crippen LogP contribution in [0, 0.1) is 0 Å².